The molecule has 1 saturated heterocycles. The summed E-state index contributed by atoms with van der Waals surface area (Å²) in [7, 11) is 0. The van der Waals surface area contributed by atoms with Gasteiger partial charge in [-0.05, 0) is 12.1 Å². The fourth-order valence-corrected chi connectivity index (χ4v) is 2.36. The molecule has 0 atom stereocenters. The number of nitro groups is 3. The molecule has 1 aliphatic heterocycles. The van der Waals surface area contributed by atoms with Crippen LogP contribution in [0.1, 0.15) is 5.76 Å². The van der Waals surface area contributed by atoms with E-state index in [1.165, 1.54) is 0 Å². The number of morpholine rings is 1. The number of hydrogen-bond donors (Lipinski definition) is 1. The molecule has 0 unspecified atom stereocenters. The van der Waals surface area contributed by atoms with E-state index in [1.54, 1.807) is 6.26 Å². The molecule has 150 valence electrons. The van der Waals surface area contributed by atoms with E-state index in [2.05, 4.69) is 4.90 Å². The average Bonchev–Trinajstić information content (AvgIpc) is 3.15. The van der Waals surface area contributed by atoms with Crippen molar-refractivity contribution in [2.24, 2.45) is 0 Å². The summed E-state index contributed by atoms with van der Waals surface area (Å²) in [6.07, 6.45) is 1.72. The van der Waals surface area contributed by atoms with E-state index >= 15 is 0 Å². The minimum absolute atomic E-state index is 0.447. The van der Waals surface area contributed by atoms with Crippen LogP contribution >= 0.6 is 0 Å². The Kier molecular flexibility index (Phi) is 6.95. The van der Waals surface area contributed by atoms with Gasteiger partial charge in [0.2, 0.25) is 0 Å². The van der Waals surface area contributed by atoms with Crippen molar-refractivity contribution in [2.75, 3.05) is 26.3 Å². The molecule has 0 spiro atoms. The maximum atomic E-state index is 10.4. The molecule has 1 aromatic carbocycles. The Labute approximate surface area is 157 Å². The number of phenols is 1. The van der Waals surface area contributed by atoms with Crippen molar-refractivity contribution in [3.8, 4) is 5.75 Å². The van der Waals surface area contributed by atoms with Crippen LogP contribution in [-0.4, -0.2) is 51.1 Å². The summed E-state index contributed by atoms with van der Waals surface area (Å²) < 4.78 is 10.5. The van der Waals surface area contributed by atoms with Crippen molar-refractivity contribution in [1.29, 1.82) is 0 Å². The lowest BCUT2D eigenvalue weighted by atomic mass is 10.2. The summed E-state index contributed by atoms with van der Waals surface area (Å²) in [6, 6.07) is 4.83. The zero-order chi connectivity index (χ0) is 20.7. The molecular weight excluding hydrogens is 380 g/mol. The van der Waals surface area contributed by atoms with Gasteiger partial charge in [-0.3, -0.25) is 35.2 Å². The molecule has 0 aliphatic carbocycles. The molecule has 3 rings (SSSR count). The van der Waals surface area contributed by atoms with Gasteiger partial charge in [-0.1, -0.05) is 0 Å². The molecule has 1 aromatic heterocycles. The zero-order valence-electron chi connectivity index (χ0n) is 14.4. The number of non-ortho nitro benzene ring substituents is 1. The summed E-state index contributed by atoms with van der Waals surface area (Å²) in [5.41, 5.74) is -3.00. The summed E-state index contributed by atoms with van der Waals surface area (Å²) in [4.78, 5) is 30.1. The molecule has 13 heteroatoms. The molecular formula is C15H16N4O9. The van der Waals surface area contributed by atoms with Crippen LogP contribution in [-0.2, 0) is 11.3 Å². The van der Waals surface area contributed by atoms with Crippen molar-refractivity contribution in [2.45, 2.75) is 6.54 Å². The molecule has 2 aromatic rings. The number of hydrogen-bond acceptors (Lipinski definition) is 10. The lowest BCUT2D eigenvalue weighted by Crippen LogP contribution is -2.35. The number of aromatic hydroxyl groups is 1. The summed E-state index contributed by atoms with van der Waals surface area (Å²) in [5.74, 6) is -0.169. The van der Waals surface area contributed by atoms with Gasteiger partial charge < -0.3 is 14.3 Å². The predicted octanol–water partition coefficient (Wildman–Crippen LogP) is 2.23. The van der Waals surface area contributed by atoms with Crippen LogP contribution < -0.4 is 0 Å². The van der Waals surface area contributed by atoms with E-state index in [1.807, 2.05) is 12.1 Å². The Bertz CT molecular complexity index is 812. The largest absolute Gasteiger partial charge is 0.497 e. The van der Waals surface area contributed by atoms with Crippen LogP contribution in [0.4, 0.5) is 17.1 Å². The smallest absolute Gasteiger partial charge is 0.324 e. The number of nitrogens with zero attached hydrogens (tertiary/aromatic N) is 4. The summed E-state index contributed by atoms with van der Waals surface area (Å²) >= 11 is 0. The van der Waals surface area contributed by atoms with E-state index in [0.29, 0.717) is 12.1 Å². The van der Waals surface area contributed by atoms with Gasteiger partial charge in [0.05, 0.1) is 52.9 Å². The van der Waals surface area contributed by atoms with Crippen molar-refractivity contribution < 1.29 is 29.0 Å². The van der Waals surface area contributed by atoms with Gasteiger partial charge in [-0.25, -0.2) is 0 Å². The molecule has 28 heavy (non-hydrogen) atoms. The molecule has 0 bridgehead atoms. The lowest BCUT2D eigenvalue weighted by molar-refractivity contribution is -0.404. The van der Waals surface area contributed by atoms with Gasteiger partial charge in [-0.15, -0.1) is 0 Å². The van der Waals surface area contributed by atoms with Crippen molar-refractivity contribution >= 4 is 17.1 Å². The number of benzene rings is 1. The fourth-order valence-electron chi connectivity index (χ4n) is 2.36. The fraction of sp³-hybridized carbons (Fsp3) is 0.333. The van der Waals surface area contributed by atoms with Gasteiger partial charge in [0.15, 0.2) is 0 Å². The Morgan fingerprint density at radius 1 is 1.00 bits per heavy atom. The van der Waals surface area contributed by atoms with Crippen molar-refractivity contribution in [1.82, 2.24) is 4.90 Å². The monoisotopic (exact) mass is 396 g/mol. The molecule has 0 amide bonds. The van der Waals surface area contributed by atoms with Crippen LogP contribution in [0.25, 0.3) is 0 Å². The normalized spacial score (nSPS) is 14.0. The van der Waals surface area contributed by atoms with Gasteiger partial charge >= 0.3 is 11.4 Å². The summed E-state index contributed by atoms with van der Waals surface area (Å²) in [6.45, 7) is 4.64. The minimum Gasteiger partial charge on any atom is -0.497 e. The van der Waals surface area contributed by atoms with Gasteiger partial charge in [0.25, 0.3) is 11.4 Å². The first-order valence-corrected chi connectivity index (χ1v) is 7.92. The van der Waals surface area contributed by atoms with Gasteiger partial charge in [0, 0.05) is 13.1 Å². The van der Waals surface area contributed by atoms with Crippen molar-refractivity contribution in [3.05, 3.63) is 66.6 Å². The van der Waals surface area contributed by atoms with E-state index in [-0.39, 0.29) is 0 Å². The van der Waals surface area contributed by atoms with Gasteiger partial charge in [0.1, 0.15) is 5.76 Å². The molecule has 1 N–H and O–H groups in total. The van der Waals surface area contributed by atoms with Crippen molar-refractivity contribution in [3.63, 3.8) is 0 Å². The Morgan fingerprint density at radius 3 is 2.00 bits per heavy atom. The maximum absolute atomic E-state index is 10.4. The number of furan rings is 1. The number of rotatable bonds is 5. The third kappa shape index (κ3) is 5.46. The van der Waals surface area contributed by atoms with E-state index in [9.17, 15) is 30.3 Å². The highest BCUT2D eigenvalue weighted by Crippen LogP contribution is 2.38. The quantitative estimate of drug-likeness (QED) is 0.582. The second-order valence-corrected chi connectivity index (χ2v) is 5.57. The minimum atomic E-state index is -1.21. The lowest BCUT2D eigenvalue weighted by Gasteiger charge is -2.25. The molecule has 13 nitrogen and oxygen atoms in total. The van der Waals surface area contributed by atoms with Crippen LogP contribution in [0.3, 0.4) is 0 Å². The molecule has 1 aliphatic rings. The zero-order valence-corrected chi connectivity index (χ0v) is 14.4. The predicted molar refractivity (Wildman–Crippen MR) is 92.9 cm³/mol. The highest BCUT2D eigenvalue weighted by Gasteiger charge is 2.30. The van der Waals surface area contributed by atoms with E-state index < -0.39 is 37.6 Å². The van der Waals surface area contributed by atoms with E-state index in [0.717, 1.165) is 38.6 Å². The first kappa shape index (κ1) is 20.7. The average molecular weight is 396 g/mol. The van der Waals surface area contributed by atoms with Crippen LogP contribution in [0.15, 0.2) is 34.9 Å². The summed E-state index contributed by atoms with van der Waals surface area (Å²) in [5, 5.41) is 40.2. The Balaban J connectivity index is 0.000000207. The number of ether oxygens (including phenoxy) is 1. The third-order valence-corrected chi connectivity index (χ3v) is 3.72. The number of phenolic OH excluding ortho intramolecular Hbond substituents is 1. The first-order valence-electron chi connectivity index (χ1n) is 7.92. The third-order valence-electron chi connectivity index (χ3n) is 3.72. The topological polar surface area (TPSA) is 175 Å². The Morgan fingerprint density at radius 2 is 1.57 bits per heavy atom. The molecule has 2 heterocycles. The first-order chi connectivity index (χ1) is 13.3. The Hall–Kier alpha value is -3.58. The standard InChI is InChI=1S/C9H13NO2.C6H3N3O7/c1-2-9(12-5-1)8-10-3-6-11-7-4-10;10-6-4(8(13)14)1-3(7(11)12)2-5(6)9(15)16/h1-2,5H,3-4,6-8H2;1-2,10H. The van der Waals surface area contributed by atoms with E-state index in [4.69, 9.17) is 14.3 Å². The van der Waals surface area contributed by atoms with Crippen LogP contribution in [0, 0.1) is 30.3 Å². The van der Waals surface area contributed by atoms with Crippen LogP contribution in [0.5, 0.6) is 5.75 Å². The maximum Gasteiger partial charge on any atom is 0.324 e. The van der Waals surface area contributed by atoms with Gasteiger partial charge in [-0.2, -0.15) is 0 Å². The highest BCUT2D eigenvalue weighted by atomic mass is 16.6. The SMILES string of the molecule is O=[N+]([O-])c1cc([N+](=O)[O-])c(O)c([N+](=O)[O-])c1.c1coc(CN2CCOCC2)c1. The second-order valence-electron chi connectivity index (χ2n) is 5.57. The second kappa shape index (κ2) is 9.38. The number of nitro benzene ring substituents is 3. The van der Waals surface area contributed by atoms with Crippen LogP contribution in [0.2, 0.25) is 0 Å². The molecule has 0 radical (unpaired) electrons. The molecule has 1 fully saturated rings. The highest BCUT2D eigenvalue weighted by molar-refractivity contribution is 5.64. The molecule has 0 saturated carbocycles.